The number of nitrogens with zero attached hydrogens (tertiary/aromatic N) is 3. The van der Waals surface area contributed by atoms with Gasteiger partial charge < -0.3 is 10.2 Å². The molecule has 21 heavy (non-hydrogen) atoms. The molecule has 116 valence electrons. The number of aromatic nitrogens is 1. The molecule has 1 aromatic heterocycles. The number of aryl methyl sites for hydroxylation is 1. The molecule has 4 nitrogen and oxygen atoms in total. The van der Waals surface area contributed by atoms with E-state index in [1.807, 2.05) is 11.3 Å². The molecule has 3 fully saturated rings. The van der Waals surface area contributed by atoms with Crippen LogP contribution in [0, 0.1) is 0 Å². The zero-order valence-corrected chi connectivity index (χ0v) is 13.8. The highest BCUT2D eigenvalue weighted by atomic mass is 32.1. The van der Waals surface area contributed by atoms with E-state index in [9.17, 15) is 0 Å². The Morgan fingerprint density at radius 1 is 1.24 bits per heavy atom. The first-order valence-electron chi connectivity index (χ1n) is 8.54. The third-order valence-electron chi connectivity index (χ3n) is 5.09. The Labute approximate surface area is 131 Å². The summed E-state index contributed by atoms with van der Waals surface area (Å²) >= 11 is 1.93. The third-order valence-corrected chi connectivity index (χ3v) is 6.25. The van der Waals surface area contributed by atoms with Gasteiger partial charge in [-0.2, -0.15) is 0 Å². The van der Waals surface area contributed by atoms with Gasteiger partial charge in [-0.05, 0) is 38.6 Å². The van der Waals surface area contributed by atoms with E-state index in [1.54, 1.807) is 0 Å². The molecule has 1 saturated carbocycles. The highest BCUT2D eigenvalue weighted by Gasteiger charge is 2.32. The van der Waals surface area contributed by atoms with Crippen molar-refractivity contribution in [1.82, 2.24) is 15.2 Å². The number of piperazine rings is 1. The highest BCUT2D eigenvalue weighted by molar-refractivity contribution is 7.15. The molecule has 0 radical (unpaired) electrons. The molecule has 1 aliphatic carbocycles. The SMILES string of the molecule is CCc1nc(N2CCN3CCCC3C2)sc1CNC1CC1. The standard InChI is InChI=1S/C16H26N4S/c1-2-14-15(10-17-12-5-6-12)21-16(18-14)20-9-8-19-7-3-4-13(19)11-20/h12-13,17H,2-11H2,1H3. The van der Waals surface area contributed by atoms with Crippen molar-refractivity contribution in [3.8, 4) is 0 Å². The second-order valence-electron chi connectivity index (χ2n) is 6.65. The van der Waals surface area contributed by atoms with Gasteiger partial charge in [0.2, 0.25) is 0 Å². The van der Waals surface area contributed by atoms with Crippen molar-refractivity contribution in [2.75, 3.05) is 31.1 Å². The Kier molecular flexibility index (Phi) is 3.90. The number of anilines is 1. The fraction of sp³-hybridized carbons (Fsp3) is 0.812. The number of hydrogen-bond acceptors (Lipinski definition) is 5. The number of rotatable bonds is 5. The van der Waals surface area contributed by atoms with Gasteiger partial charge in [0.05, 0.1) is 5.69 Å². The Morgan fingerprint density at radius 2 is 2.14 bits per heavy atom. The van der Waals surface area contributed by atoms with Crippen LogP contribution >= 0.6 is 11.3 Å². The smallest absolute Gasteiger partial charge is 0.185 e. The molecule has 1 atom stereocenters. The minimum absolute atomic E-state index is 0.778. The van der Waals surface area contributed by atoms with Gasteiger partial charge in [-0.25, -0.2) is 4.98 Å². The van der Waals surface area contributed by atoms with Gasteiger partial charge in [0, 0.05) is 43.1 Å². The molecule has 2 aliphatic heterocycles. The first-order valence-corrected chi connectivity index (χ1v) is 9.36. The minimum Gasteiger partial charge on any atom is -0.345 e. The van der Waals surface area contributed by atoms with Gasteiger partial charge in [-0.1, -0.05) is 6.92 Å². The largest absolute Gasteiger partial charge is 0.345 e. The van der Waals surface area contributed by atoms with Crippen LogP contribution in [0.3, 0.4) is 0 Å². The average molecular weight is 306 g/mol. The quantitative estimate of drug-likeness (QED) is 0.904. The van der Waals surface area contributed by atoms with Crippen LogP contribution < -0.4 is 10.2 Å². The van der Waals surface area contributed by atoms with Crippen molar-refractivity contribution in [3.63, 3.8) is 0 Å². The van der Waals surface area contributed by atoms with E-state index >= 15 is 0 Å². The fourth-order valence-corrected chi connectivity index (χ4v) is 4.74. The second-order valence-corrected chi connectivity index (χ2v) is 7.72. The van der Waals surface area contributed by atoms with Crippen LogP contribution in [0.5, 0.6) is 0 Å². The number of fused-ring (bicyclic) bond motifs is 1. The van der Waals surface area contributed by atoms with E-state index in [0.717, 1.165) is 31.6 Å². The zero-order valence-electron chi connectivity index (χ0n) is 13.0. The lowest BCUT2D eigenvalue weighted by atomic mass is 10.2. The number of nitrogens with one attached hydrogen (secondary N) is 1. The molecule has 0 spiro atoms. The van der Waals surface area contributed by atoms with Gasteiger partial charge in [-0.15, -0.1) is 11.3 Å². The summed E-state index contributed by atoms with van der Waals surface area (Å²) in [5, 5.41) is 4.91. The van der Waals surface area contributed by atoms with Crippen molar-refractivity contribution in [2.24, 2.45) is 0 Å². The van der Waals surface area contributed by atoms with Crippen LogP contribution in [0.4, 0.5) is 5.13 Å². The average Bonchev–Trinajstić information content (AvgIpc) is 3.07. The molecule has 1 aromatic rings. The predicted molar refractivity (Wildman–Crippen MR) is 88.2 cm³/mol. The molecule has 5 heteroatoms. The normalized spacial score (nSPS) is 26.3. The van der Waals surface area contributed by atoms with Crippen LogP contribution in [0.2, 0.25) is 0 Å². The molecule has 0 aromatic carbocycles. The maximum absolute atomic E-state index is 4.95. The van der Waals surface area contributed by atoms with Gasteiger partial charge in [0.1, 0.15) is 0 Å². The lowest BCUT2D eigenvalue weighted by molar-refractivity contribution is 0.231. The van der Waals surface area contributed by atoms with Crippen molar-refractivity contribution < 1.29 is 0 Å². The maximum Gasteiger partial charge on any atom is 0.185 e. The Bertz CT molecular complexity index is 496. The summed E-state index contributed by atoms with van der Waals surface area (Å²) in [6.07, 6.45) is 6.53. The highest BCUT2D eigenvalue weighted by Crippen LogP contribution is 2.31. The first-order chi connectivity index (χ1) is 10.3. The van der Waals surface area contributed by atoms with Gasteiger partial charge >= 0.3 is 0 Å². The molecule has 3 aliphatic rings. The molecule has 1 unspecified atom stereocenters. The summed E-state index contributed by atoms with van der Waals surface area (Å²) in [5.41, 5.74) is 1.32. The Balaban J connectivity index is 1.46. The lowest BCUT2D eigenvalue weighted by Crippen LogP contribution is -2.50. The van der Waals surface area contributed by atoms with Crippen LogP contribution in [-0.4, -0.2) is 48.1 Å². The molecular formula is C16H26N4S. The summed E-state index contributed by atoms with van der Waals surface area (Å²) in [6, 6.07) is 1.56. The van der Waals surface area contributed by atoms with Crippen molar-refractivity contribution >= 4 is 16.5 Å². The molecule has 3 heterocycles. The molecule has 0 amide bonds. The summed E-state index contributed by atoms with van der Waals surface area (Å²) in [4.78, 5) is 11.6. The Hall–Kier alpha value is -0.650. The maximum atomic E-state index is 4.95. The van der Waals surface area contributed by atoms with Gasteiger partial charge in [0.25, 0.3) is 0 Å². The Morgan fingerprint density at radius 3 is 2.95 bits per heavy atom. The molecule has 4 rings (SSSR count). The van der Waals surface area contributed by atoms with E-state index < -0.39 is 0 Å². The van der Waals surface area contributed by atoms with Crippen LogP contribution in [0.15, 0.2) is 0 Å². The first kappa shape index (κ1) is 14.0. The fourth-order valence-electron chi connectivity index (χ4n) is 3.61. The van der Waals surface area contributed by atoms with E-state index in [1.165, 1.54) is 61.0 Å². The topological polar surface area (TPSA) is 31.4 Å². The third kappa shape index (κ3) is 2.96. The molecule has 2 saturated heterocycles. The lowest BCUT2D eigenvalue weighted by Gasteiger charge is -2.37. The summed E-state index contributed by atoms with van der Waals surface area (Å²) < 4.78 is 0. The summed E-state index contributed by atoms with van der Waals surface area (Å²) in [6.45, 7) is 8.13. The minimum atomic E-state index is 0.778. The van der Waals surface area contributed by atoms with Crippen molar-refractivity contribution in [1.29, 1.82) is 0 Å². The van der Waals surface area contributed by atoms with E-state index in [4.69, 9.17) is 4.98 Å². The van der Waals surface area contributed by atoms with Crippen LogP contribution in [0.1, 0.15) is 43.2 Å². The summed E-state index contributed by atoms with van der Waals surface area (Å²) in [5.74, 6) is 0. The molecule has 1 N–H and O–H groups in total. The molecule has 0 bridgehead atoms. The monoisotopic (exact) mass is 306 g/mol. The van der Waals surface area contributed by atoms with E-state index in [2.05, 4.69) is 22.0 Å². The van der Waals surface area contributed by atoms with Gasteiger partial charge in [-0.3, -0.25) is 4.90 Å². The summed E-state index contributed by atoms with van der Waals surface area (Å²) in [7, 11) is 0. The van der Waals surface area contributed by atoms with E-state index in [0.29, 0.717) is 0 Å². The number of thiazole rings is 1. The van der Waals surface area contributed by atoms with E-state index in [-0.39, 0.29) is 0 Å². The van der Waals surface area contributed by atoms with Gasteiger partial charge in [0.15, 0.2) is 5.13 Å². The van der Waals surface area contributed by atoms with Crippen LogP contribution in [-0.2, 0) is 13.0 Å². The predicted octanol–water partition coefficient (Wildman–Crippen LogP) is 2.24. The van der Waals surface area contributed by atoms with Crippen molar-refractivity contribution in [2.45, 2.75) is 57.7 Å². The zero-order chi connectivity index (χ0) is 14.2. The second kappa shape index (κ2) is 5.86. The molecular weight excluding hydrogens is 280 g/mol. The van der Waals surface area contributed by atoms with Crippen molar-refractivity contribution in [3.05, 3.63) is 10.6 Å². The number of hydrogen-bond donors (Lipinski definition) is 1. The van der Waals surface area contributed by atoms with Crippen LogP contribution in [0.25, 0.3) is 0 Å².